The molecule has 1 N–H and O–H groups in total. The van der Waals surface area contributed by atoms with E-state index in [0.29, 0.717) is 6.04 Å². The van der Waals surface area contributed by atoms with Crippen molar-refractivity contribution in [2.75, 3.05) is 13.2 Å². The molecule has 0 radical (unpaired) electrons. The topological polar surface area (TPSA) is 41.3 Å². The van der Waals surface area contributed by atoms with Gasteiger partial charge in [0.25, 0.3) is 0 Å². The Labute approximate surface area is 119 Å². The van der Waals surface area contributed by atoms with Gasteiger partial charge in [0.1, 0.15) is 0 Å². The standard InChI is InChI=1S/C16H21N3O/c20-13-16-4-1-2-10-18(16)12-14-5-7-15(8-6-14)19-11-3-9-17-19/h3,5-9,11,16,20H,1-2,4,10,12-13H2. The molecule has 0 spiro atoms. The van der Waals surface area contributed by atoms with Crippen LogP contribution in [0.3, 0.4) is 0 Å². The highest BCUT2D eigenvalue weighted by Gasteiger charge is 2.21. The van der Waals surface area contributed by atoms with E-state index in [2.05, 4.69) is 34.3 Å². The van der Waals surface area contributed by atoms with Crippen molar-refractivity contribution in [3.8, 4) is 5.69 Å². The molecule has 4 nitrogen and oxygen atoms in total. The Morgan fingerprint density at radius 1 is 1.20 bits per heavy atom. The summed E-state index contributed by atoms with van der Waals surface area (Å²) in [6.45, 7) is 2.28. The Hall–Kier alpha value is -1.65. The number of hydrogen-bond acceptors (Lipinski definition) is 3. The maximum Gasteiger partial charge on any atom is 0.0645 e. The number of piperidine rings is 1. The van der Waals surface area contributed by atoms with Crippen LogP contribution in [0.25, 0.3) is 5.69 Å². The highest BCUT2D eigenvalue weighted by atomic mass is 16.3. The average molecular weight is 271 g/mol. The first-order valence-corrected chi connectivity index (χ1v) is 7.30. The molecule has 1 aromatic heterocycles. The zero-order valence-electron chi connectivity index (χ0n) is 11.7. The lowest BCUT2D eigenvalue weighted by molar-refractivity contribution is 0.0841. The van der Waals surface area contributed by atoms with Crippen molar-refractivity contribution >= 4 is 0 Å². The van der Waals surface area contributed by atoms with Gasteiger partial charge >= 0.3 is 0 Å². The summed E-state index contributed by atoms with van der Waals surface area (Å²) in [4.78, 5) is 2.40. The molecule has 4 heteroatoms. The number of hydrogen-bond donors (Lipinski definition) is 1. The van der Waals surface area contributed by atoms with Crippen molar-refractivity contribution < 1.29 is 5.11 Å². The van der Waals surface area contributed by atoms with E-state index in [1.807, 2.05) is 16.9 Å². The van der Waals surface area contributed by atoms with Crippen LogP contribution in [-0.4, -0.2) is 39.0 Å². The van der Waals surface area contributed by atoms with E-state index in [1.54, 1.807) is 6.20 Å². The van der Waals surface area contributed by atoms with Crippen LogP contribution in [0.2, 0.25) is 0 Å². The van der Waals surface area contributed by atoms with Crippen LogP contribution in [0.4, 0.5) is 0 Å². The summed E-state index contributed by atoms with van der Waals surface area (Å²) < 4.78 is 1.86. The van der Waals surface area contributed by atoms with Crippen LogP contribution < -0.4 is 0 Å². The molecule has 20 heavy (non-hydrogen) atoms. The smallest absolute Gasteiger partial charge is 0.0645 e. The molecular weight excluding hydrogens is 250 g/mol. The number of benzene rings is 1. The fourth-order valence-corrected chi connectivity index (χ4v) is 2.89. The summed E-state index contributed by atoms with van der Waals surface area (Å²) in [7, 11) is 0. The van der Waals surface area contributed by atoms with Crippen LogP contribution >= 0.6 is 0 Å². The van der Waals surface area contributed by atoms with Crippen LogP contribution in [0.1, 0.15) is 24.8 Å². The zero-order valence-corrected chi connectivity index (χ0v) is 11.7. The van der Waals surface area contributed by atoms with E-state index < -0.39 is 0 Å². The van der Waals surface area contributed by atoms with Gasteiger partial charge in [-0.15, -0.1) is 0 Å². The summed E-state index contributed by atoms with van der Waals surface area (Å²) in [5.74, 6) is 0. The quantitative estimate of drug-likeness (QED) is 0.927. The SMILES string of the molecule is OCC1CCCCN1Cc1ccc(-n2cccn2)cc1. The van der Waals surface area contributed by atoms with Crippen molar-refractivity contribution in [3.05, 3.63) is 48.3 Å². The average Bonchev–Trinajstić information content (AvgIpc) is 3.03. The third kappa shape index (κ3) is 2.92. The summed E-state index contributed by atoms with van der Waals surface area (Å²) in [6, 6.07) is 10.8. The van der Waals surface area contributed by atoms with Gasteiger partial charge in [-0.2, -0.15) is 5.10 Å². The van der Waals surface area contributed by atoms with Crippen LogP contribution in [0, 0.1) is 0 Å². The zero-order chi connectivity index (χ0) is 13.8. The molecule has 0 bridgehead atoms. The molecule has 1 aliphatic rings. The van der Waals surface area contributed by atoms with Crippen LogP contribution in [0.15, 0.2) is 42.7 Å². The maximum absolute atomic E-state index is 9.46. The van der Waals surface area contributed by atoms with E-state index in [-0.39, 0.29) is 6.61 Å². The van der Waals surface area contributed by atoms with E-state index in [9.17, 15) is 5.11 Å². The van der Waals surface area contributed by atoms with Crippen molar-refractivity contribution in [3.63, 3.8) is 0 Å². The summed E-state index contributed by atoms with van der Waals surface area (Å²) in [5, 5.41) is 13.7. The Bertz CT molecular complexity index is 521. The highest BCUT2D eigenvalue weighted by Crippen LogP contribution is 2.19. The van der Waals surface area contributed by atoms with Crippen LogP contribution in [-0.2, 0) is 6.54 Å². The van der Waals surface area contributed by atoms with E-state index in [1.165, 1.54) is 18.4 Å². The number of aliphatic hydroxyl groups is 1. The van der Waals surface area contributed by atoms with E-state index >= 15 is 0 Å². The van der Waals surface area contributed by atoms with Gasteiger partial charge in [-0.05, 0) is 43.1 Å². The second kappa shape index (κ2) is 6.20. The van der Waals surface area contributed by atoms with Gasteiger partial charge < -0.3 is 5.11 Å². The van der Waals surface area contributed by atoms with E-state index in [0.717, 1.165) is 25.2 Å². The molecule has 1 saturated heterocycles. The minimum absolute atomic E-state index is 0.269. The highest BCUT2D eigenvalue weighted by molar-refractivity contribution is 5.33. The lowest BCUT2D eigenvalue weighted by atomic mass is 10.0. The first kappa shape index (κ1) is 13.3. The van der Waals surface area contributed by atoms with Crippen molar-refractivity contribution in [1.82, 2.24) is 14.7 Å². The summed E-state index contributed by atoms with van der Waals surface area (Å²) >= 11 is 0. The van der Waals surface area contributed by atoms with Gasteiger partial charge in [-0.25, -0.2) is 4.68 Å². The Morgan fingerprint density at radius 3 is 2.75 bits per heavy atom. The molecule has 0 saturated carbocycles. The number of aliphatic hydroxyl groups excluding tert-OH is 1. The van der Waals surface area contributed by atoms with E-state index in [4.69, 9.17) is 0 Å². The molecule has 2 heterocycles. The van der Waals surface area contributed by atoms with Gasteiger partial charge in [-0.3, -0.25) is 4.90 Å². The molecule has 1 unspecified atom stereocenters. The number of aromatic nitrogens is 2. The Balaban J connectivity index is 1.68. The van der Waals surface area contributed by atoms with Crippen molar-refractivity contribution in [2.24, 2.45) is 0 Å². The van der Waals surface area contributed by atoms with Gasteiger partial charge in [0.15, 0.2) is 0 Å². The second-order valence-electron chi connectivity index (χ2n) is 5.42. The number of likely N-dealkylation sites (tertiary alicyclic amines) is 1. The third-order valence-electron chi connectivity index (χ3n) is 4.05. The molecular formula is C16H21N3O. The monoisotopic (exact) mass is 271 g/mol. The van der Waals surface area contributed by atoms with Gasteiger partial charge in [-0.1, -0.05) is 18.6 Å². The lowest BCUT2D eigenvalue weighted by Crippen LogP contribution is -2.41. The predicted molar refractivity (Wildman–Crippen MR) is 78.7 cm³/mol. The molecule has 1 atom stereocenters. The first-order valence-electron chi connectivity index (χ1n) is 7.30. The van der Waals surface area contributed by atoms with Gasteiger partial charge in [0.05, 0.1) is 12.3 Å². The largest absolute Gasteiger partial charge is 0.395 e. The first-order chi connectivity index (χ1) is 9.86. The minimum Gasteiger partial charge on any atom is -0.395 e. The Kier molecular flexibility index (Phi) is 4.14. The summed E-state index contributed by atoms with van der Waals surface area (Å²) in [5.41, 5.74) is 2.37. The molecule has 0 aliphatic carbocycles. The van der Waals surface area contributed by atoms with Gasteiger partial charge in [0.2, 0.25) is 0 Å². The summed E-state index contributed by atoms with van der Waals surface area (Å²) in [6.07, 6.45) is 7.32. The van der Waals surface area contributed by atoms with Gasteiger partial charge in [0, 0.05) is 25.0 Å². The fraction of sp³-hybridized carbons (Fsp3) is 0.438. The minimum atomic E-state index is 0.269. The lowest BCUT2D eigenvalue weighted by Gasteiger charge is -2.34. The maximum atomic E-state index is 9.46. The van der Waals surface area contributed by atoms with Crippen molar-refractivity contribution in [1.29, 1.82) is 0 Å². The molecule has 3 rings (SSSR count). The number of nitrogens with zero attached hydrogens (tertiary/aromatic N) is 3. The fourth-order valence-electron chi connectivity index (χ4n) is 2.89. The molecule has 1 aromatic carbocycles. The molecule has 106 valence electrons. The molecule has 2 aromatic rings. The molecule has 0 amide bonds. The Morgan fingerprint density at radius 2 is 2.05 bits per heavy atom. The van der Waals surface area contributed by atoms with Crippen LogP contribution in [0.5, 0.6) is 0 Å². The third-order valence-corrected chi connectivity index (χ3v) is 4.05. The normalized spacial score (nSPS) is 20.1. The number of rotatable bonds is 4. The second-order valence-corrected chi connectivity index (χ2v) is 5.42. The molecule has 1 fully saturated rings. The van der Waals surface area contributed by atoms with Crippen molar-refractivity contribution in [2.45, 2.75) is 31.8 Å². The predicted octanol–water partition coefficient (Wildman–Crippen LogP) is 2.22. The molecule has 1 aliphatic heterocycles.